The number of rotatable bonds is 6. The van der Waals surface area contributed by atoms with Crippen molar-refractivity contribution >= 4 is 41.7 Å². The average molecular weight is 481 g/mol. The van der Waals surface area contributed by atoms with Crippen molar-refractivity contribution in [1.29, 1.82) is 0 Å². The number of hydrogen-bond donors (Lipinski definition) is 2. The van der Waals surface area contributed by atoms with E-state index in [0.29, 0.717) is 18.2 Å². The molecule has 2 N–H and O–H groups in total. The molecule has 1 aromatic rings. The molecule has 0 amide bonds. The van der Waals surface area contributed by atoms with Crippen molar-refractivity contribution in [2.75, 3.05) is 20.4 Å². The molecule has 0 radical (unpaired) electrons. The van der Waals surface area contributed by atoms with E-state index < -0.39 is 0 Å². The van der Waals surface area contributed by atoms with Gasteiger partial charge in [0.2, 0.25) is 0 Å². The van der Waals surface area contributed by atoms with Crippen LogP contribution in [-0.4, -0.2) is 37.7 Å². The third-order valence-electron chi connectivity index (χ3n) is 4.39. The first-order valence-corrected chi connectivity index (χ1v) is 9.71. The predicted molar refractivity (Wildman–Crippen MR) is 115 cm³/mol. The molecule has 0 spiro atoms. The van der Waals surface area contributed by atoms with Gasteiger partial charge >= 0.3 is 0 Å². The quantitative estimate of drug-likeness (QED) is 0.367. The molecule has 4 nitrogen and oxygen atoms in total. The van der Waals surface area contributed by atoms with Crippen molar-refractivity contribution in [1.82, 2.24) is 10.6 Å². The molecule has 0 aromatic heterocycles. The lowest BCUT2D eigenvalue weighted by atomic mass is 9.95. The smallest absolute Gasteiger partial charge is 0.191 e. The Hall–Kier alpha value is -0.540. The highest BCUT2D eigenvalue weighted by molar-refractivity contribution is 14.0. The van der Waals surface area contributed by atoms with E-state index in [9.17, 15) is 4.39 Å². The molecule has 1 aliphatic carbocycles. The highest BCUT2D eigenvalue weighted by Crippen LogP contribution is 2.26. The van der Waals surface area contributed by atoms with Gasteiger partial charge in [-0.25, -0.2) is 4.39 Å². The number of benzene rings is 1. The van der Waals surface area contributed by atoms with Gasteiger partial charge in [0.1, 0.15) is 5.82 Å². The fraction of sp³-hybridized carbons (Fsp3) is 0.611. The van der Waals surface area contributed by atoms with Crippen molar-refractivity contribution in [3.05, 3.63) is 35.1 Å². The molecular weight excluding hydrogens is 452 g/mol. The minimum atomic E-state index is -0.228. The molecule has 1 saturated carbocycles. The normalized spacial score (nSPS) is 20.7. The Morgan fingerprint density at radius 3 is 2.88 bits per heavy atom. The van der Waals surface area contributed by atoms with E-state index in [1.54, 1.807) is 20.2 Å². The highest BCUT2D eigenvalue weighted by Gasteiger charge is 2.21. The van der Waals surface area contributed by atoms with E-state index in [-0.39, 0.29) is 36.4 Å². The number of aliphatic imine (C=N–C) groups is 1. The number of methoxy groups -OCH3 is 1. The van der Waals surface area contributed by atoms with Crippen LogP contribution in [0.25, 0.3) is 0 Å². The average Bonchev–Trinajstić information content (AvgIpc) is 2.61. The zero-order chi connectivity index (χ0) is 17.4. The minimum absolute atomic E-state index is 0. The first-order chi connectivity index (χ1) is 11.7. The second-order valence-electron chi connectivity index (χ2n) is 6.15. The van der Waals surface area contributed by atoms with E-state index in [0.717, 1.165) is 16.8 Å². The fourth-order valence-electron chi connectivity index (χ4n) is 3.07. The van der Waals surface area contributed by atoms with Crippen LogP contribution >= 0.6 is 35.7 Å². The van der Waals surface area contributed by atoms with Gasteiger partial charge in [-0.3, -0.25) is 4.99 Å². The standard InChI is InChI=1S/C18H28FN3OS.HI/c1-20-18(22-15-5-4-6-16(10-15)24-3)21-11-13-7-8-17(19)14(9-13)12-23-2;/h7-9,15-16H,4-6,10-12H2,1-3H3,(H2,20,21,22);1H. The van der Waals surface area contributed by atoms with Crippen molar-refractivity contribution in [2.45, 2.75) is 50.1 Å². The van der Waals surface area contributed by atoms with Crippen LogP contribution in [0.3, 0.4) is 0 Å². The molecule has 25 heavy (non-hydrogen) atoms. The second kappa shape index (κ2) is 12.0. The van der Waals surface area contributed by atoms with Gasteiger partial charge in [0, 0.05) is 37.6 Å². The summed E-state index contributed by atoms with van der Waals surface area (Å²) in [6.45, 7) is 0.889. The monoisotopic (exact) mass is 481 g/mol. The molecule has 2 rings (SSSR count). The molecule has 7 heteroatoms. The Bertz CT molecular complexity index is 559. The maximum Gasteiger partial charge on any atom is 0.191 e. The molecule has 0 bridgehead atoms. The number of guanidine groups is 1. The molecule has 0 aliphatic heterocycles. The first-order valence-electron chi connectivity index (χ1n) is 8.42. The van der Waals surface area contributed by atoms with E-state index in [2.05, 4.69) is 21.9 Å². The maximum absolute atomic E-state index is 13.7. The van der Waals surface area contributed by atoms with Gasteiger partial charge < -0.3 is 15.4 Å². The summed E-state index contributed by atoms with van der Waals surface area (Å²) in [5.41, 5.74) is 1.59. The molecule has 0 saturated heterocycles. The van der Waals surface area contributed by atoms with Crippen LogP contribution in [0.15, 0.2) is 23.2 Å². The van der Waals surface area contributed by atoms with Crippen molar-refractivity contribution in [2.24, 2.45) is 4.99 Å². The summed E-state index contributed by atoms with van der Waals surface area (Å²) >= 11 is 1.95. The number of hydrogen-bond acceptors (Lipinski definition) is 3. The van der Waals surface area contributed by atoms with E-state index >= 15 is 0 Å². The molecule has 2 unspecified atom stereocenters. The van der Waals surface area contributed by atoms with Crippen LogP contribution in [0.5, 0.6) is 0 Å². The van der Waals surface area contributed by atoms with Crippen LogP contribution < -0.4 is 10.6 Å². The fourth-order valence-corrected chi connectivity index (χ4v) is 3.90. The third kappa shape index (κ3) is 7.30. The van der Waals surface area contributed by atoms with Crippen LogP contribution in [0.2, 0.25) is 0 Å². The van der Waals surface area contributed by atoms with Gasteiger partial charge in [-0.1, -0.05) is 12.5 Å². The minimum Gasteiger partial charge on any atom is -0.380 e. The Kier molecular flexibility index (Phi) is 10.8. The van der Waals surface area contributed by atoms with Crippen LogP contribution in [0, 0.1) is 5.82 Å². The van der Waals surface area contributed by atoms with Crippen molar-refractivity contribution in [3.63, 3.8) is 0 Å². The van der Waals surface area contributed by atoms with Crippen LogP contribution in [-0.2, 0) is 17.9 Å². The van der Waals surface area contributed by atoms with Gasteiger partial charge in [-0.2, -0.15) is 11.8 Å². The SMILES string of the molecule is CN=C(NCc1ccc(F)c(COC)c1)NC1CCCC(SC)C1.I. The molecular formula is C18H29FIN3OS. The Balaban J connectivity index is 0.00000312. The third-order valence-corrected chi connectivity index (χ3v) is 5.49. The van der Waals surface area contributed by atoms with Crippen LogP contribution in [0.4, 0.5) is 4.39 Å². The van der Waals surface area contributed by atoms with Gasteiger partial charge in [0.25, 0.3) is 0 Å². The van der Waals surface area contributed by atoms with Gasteiger partial charge in [-0.05, 0) is 43.2 Å². The summed E-state index contributed by atoms with van der Waals surface area (Å²) in [6, 6.07) is 5.59. The summed E-state index contributed by atoms with van der Waals surface area (Å²) < 4.78 is 18.7. The van der Waals surface area contributed by atoms with Gasteiger partial charge in [0.15, 0.2) is 5.96 Å². The molecule has 1 aliphatic rings. The second-order valence-corrected chi connectivity index (χ2v) is 7.29. The lowest BCUT2D eigenvalue weighted by molar-refractivity contribution is 0.181. The van der Waals surface area contributed by atoms with E-state index in [1.165, 1.54) is 31.7 Å². The van der Waals surface area contributed by atoms with Gasteiger partial charge in [0.05, 0.1) is 6.61 Å². The molecule has 2 atom stereocenters. The molecule has 142 valence electrons. The summed E-state index contributed by atoms with van der Waals surface area (Å²) in [6.07, 6.45) is 7.12. The molecule has 1 fully saturated rings. The largest absolute Gasteiger partial charge is 0.380 e. The summed E-state index contributed by atoms with van der Waals surface area (Å²) in [4.78, 5) is 4.31. The first kappa shape index (κ1) is 22.5. The number of nitrogens with one attached hydrogen (secondary N) is 2. The number of thioether (sulfide) groups is 1. The molecule has 1 aromatic carbocycles. The lowest BCUT2D eigenvalue weighted by Gasteiger charge is -2.29. The number of nitrogens with zero attached hydrogens (tertiary/aromatic N) is 1. The molecule has 0 heterocycles. The number of ether oxygens (including phenoxy) is 1. The van der Waals surface area contributed by atoms with Crippen LogP contribution in [0.1, 0.15) is 36.8 Å². The van der Waals surface area contributed by atoms with Crippen molar-refractivity contribution in [3.8, 4) is 0 Å². The Morgan fingerprint density at radius 1 is 1.40 bits per heavy atom. The topological polar surface area (TPSA) is 45.7 Å². The van der Waals surface area contributed by atoms with E-state index in [4.69, 9.17) is 4.74 Å². The summed E-state index contributed by atoms with van der Waals surface area (Å²) in [5.74, 6) is 0.577. The zero-order valence-corrected chi connectivity index (χ0v) is 18.3. The summed E-state index contributed by atoms with van der Waals surface area (Å²) in [7, 11) is 3.35. The van der Waals surface area contributed by atoms with Gasteiger partial charge in [-0.15, -0.1) is 24.0 Å². The predicted octanol–water partition coefficient (Wildman–Crippen LogP) is 3.93. The Morgan fingerprint density at radius 2 is 2.20 bits per heavy atom. The summed E-state index contributed by atoms with van der Waals surface area (Å²) in [5, 5.41) is 7.58. The lowest BCUT2D eigenvalue weighted by Crippen LogP contribution is -2.45. The number of halogens is 2. The van der Waals surface area contributed by atoms with Crippen molar-refractivity contribution < 1.29 is 9.13 Å². The van der Waals surface area contributed by atoms with E-state index in [1.807, 2.05) is 17.8 Å². The maximum atomic E-state index is 13.7. The zero-order valence-electron chi connectivity index (χ0n) is 15.2. The Labute approximate surface area is 171 Å². The highest BCUT2D eigenvalue weighted by atomic mass is 127.